The average molecular weight is 381 g/mol. The molecule has 2 aliphatic rings. The van der Waals surface area contributed by atoms with Crippen molar-refractivity contribution in [2.24, 2.45) is 5.92 Å². The Kier molecular flexibility index (Phi) is 5.14. The van der Waals surface area contributed by atoms with Crippen molar-refractivity contribution in [3.63, 3.8) is 0 Å². The highest BCUT2D eigenvalue weighted by atomic mass is 16.3. The lowest BCUT2D eigenvalue weighted by molar-refractivity contribution is -0.126. The van der Waals surface area contributed by atoms with Crippen LogP contribution in [0.5, 0.6) is 0 Å². The highest BCUT2D eigenvalue weighted by Gasteiger charge is 2.32. The second-order valence-corrected chi connectivity index (χ2v) is 7.28. The highest BCUT2D eigenvalue weighted by Crippen LogP contribution is 2.33. The molecule has 2 N–H and O–H groups in total. The molecule has 2 aliphatic heterocycles. The van der Waals surface area contributed by atoms with Crippen molar-refractivity contribution < 1.29 is 18.8 Å². The summed E-state index contributed by atoms with van der Waals surface area (Å²) in [6.07, 6.45) is 3.55. The molecule has 1 aromatic carbocycles. The third-order valence-electron chi connectivity index (χ3n) is 5.45. The molecule has 3 heterocycles. The van der Waals surface area contributed by atoms with E-state index in [9.17, 15) is 14.4 Å². The van der Waals surface area contributed by atoms with Gasteiger partial charge in [-0.2, -0.15) is 0 Å². The number of anilines is 1. The van der Waals surface area contributed by atoms with Gasteiger partial charge in [-0.1, -0.05) is 18.2 Å². The Morgan fingerprint density at radius 1 is 1.21 bits per heavy atom. The quantitative estimate of drug-likeness (QED) is 0.832. The predicted molar refractivity (Wildman–Crippen MR) is 103 cm³/mol. The molecule has 2 aromatic rings. The molecule has 7 heteroatoms. The van der Waals surface area contributed by atoms with E-state index < -0.39 is 0 Å². The Labute approximate surface area is 163 Å². The zero-order valence-electron chi connectivity index (χ0n) is 15.5. The number of carbonyl (C=O) groups is 3. The van der Waals surface area contributed by atoms with Crippen molar-refractivity contribution in [1.29, 1.82) is 0 Å². The number of rotatable bonds is 5. The maximum atomic E-state index is 12.6. The lowest BCUT2D eigenvalue weighted by Crippen LogP contribution is -2.45. The lowest BCUT2D eigenvalue weighted by Gasteiger charge is -2.31. The zero-order chi connectivity index (χ0) is 19.5. The van der Waals surface area contributed by atoms with Gasteiger partial charge in [0, 0.05) is 25.3 Å². The summed E-state index contributed by atoms with van der Waals surface area (Å²) in [7, 11) is 0. The summed E-state index contributed by atoms with van der Waals surface area (Å²) in [5, 5.41) is 5.82. The second-order valence-electron chi connectivity index (χ2n) is 7.28. The van der Waals surface area contributed by atoms with Crippen molar-refractivity contribution in [2.75, 3.05) is 25.0 Å². The van der Waals surface area contributed by atoms with Crippen LogP contribution in [0.4, 0.5) is 5.69 Å². The average Bonchev–Trinajstić information content (AvgIpc) is 3.36. The Bertz CT molecular complexity index is 878. The lowest BCUT2D eigenvalue weighted by atomic mass is 9.95. The van der Waals surface area contributed by atoms with Crippen LogP contribution in [-0.4, -0.2) is 42.3 Å². The molecular weight excluding hydrogens is 358 g/mol. The Balaban J connectivity index is 1.29. The molecule has 2 atom stereocenters. The summed E-state index contributed by atoms with van der Waals surface area (Å²) in [6.45, 7) is 1.44. The van der Waals surface area contributed by atoms with Crippen LogP contribution in [0.2, 0.25) is 0 Å². The first kappa shape index (κ1) is 18.3. The number of piperidine rings is 1. The number of hydrogen-bond donors (Lipinski definition) is 2. The number of nitrogens with one attached hydrogen (secondary N) is 2. The van der Waals surface area contributed by atoms with Crippen LogP contribution >= 0.6 is 0 Å². The molecular formula is C21H23N3O4. The minimum Gasteiger partial charge on any atom is -0.459 e. The standard InChI is InChI=1S/C21H23N3O4/c25-19(14-5-3-11-24(13-14)21(27)18-8-4-12-28-18)22-10-9-16-15-6-1-2-7-17(15)23-20(16)26/h1-2,4,6-8,12,14,16H,3,5,9-11,13H2,(H,22,25)(H,23,26). The first-order valence-corrected chi connectivity index (χ1v) is 9.64. The van der Waals surface area contributed by atoms with Crippen LogP contribution in [0.15, 0.2) is 47.1 Å². The van der Waals surface area contributed by atoms with Gasteiger partial charge in [-0.25, -0.2) is 0 Å². The Hall–Kier alpha value is -3.09. The maximum absolute atomic E-state index is 12.6. The summed E-state index contributed by atoms with van der Waals surface area (Å²) in [6, 6.07) is 11.0. The van der Waals surface area contributed by atoms with Crippen molar-refractivity contribution in [2.45, 2.75) is 25.2 Å². The summed E-state index contributed by atoms with van der Waals surface area (Å²) in [4.78, 5) is 38.8. The molecule has 1 saturated heterocycles. The van der Waals surface area contributed by atoms with Gasteiger partial charge in [-0.05, 0) is 43.0 Å². The third-order valence-corrected chi connectivity index (χ3v) is 5.45. The summed E-state index contributed by atoms with van der Waals surface area (Å²) in [5.74, 6) is -0.446. The van der Waals surface area contributed by atoms with E-state index in [0.29, 0.717) is 31.8 Å². The van der Waals surface area contributed by atoms with Gasteiger partial charge in [0.2, 0.25) is 11.8 Å². The fraction of sp³-hybridized carbons (Fsp3) is 0.381. The van der Waals surface area contributed by atoms with Crippen molar-refractivity contribution in [1.82, 2.24) is 10.2 Å². The van der Waals surface area contributed by atoms with Crippen LogP contribution in [0.25, 0.3) is 0 Å². The van der Waals surface area contributed by atoms with Gasteiger partial charge in [-0.3, -0.25) is 14.4 Å². The molecule has 3 amide bonds. The molecule has 4 rings (SSSR count). The molecule has 0 radical (unpaired) electrons. The maximum Gasteiger partial charge on any atom is 0.289 e. The molecule has 0 saturated carbocycles. The van der Waals surface area contributed by atoms with Crippen molar-refractivity contribution in [3.8, 4) is 0 Å². The number of furan rings is 1. The van der Waals surface area contributed by atoms with Gasteiger partial charge in [-0.15, -0.1) is 0 Å². The first-order valence-electron chi connectivity index (χ1n) is 9.64. The number of likely N-dealkylation sites (tertiary alicyclic amines) is 1. The summed E-state index contributed by atoms with van der Waals surface area (Å²) < 4.78 is 5.18. The molecule has 2 unspecified atom stereocenters. The van der Waals surface area contributed by atoms with Gasteiger partial charge >= 0.3 is 0 Å². The first-order chi connectivity index (χ1) is 13.6. The second kappa shape index (κ2) is 7.88. The Morgan fingerprint density at radius 3 is 2.89 bits per heavy atom. The van der Waals surface area contributed by atoms with E-state index in [1.165, 1.54) is 6.26 Å². The number of amides is 3. The number of carbonyl (C=O) groups excluding carboxylic acids is 3. The van der Waals surface area contributed by atoms with E-state index in [4.69, 9.17) is 4.42 Å². The number of nitrogens with zero attached hydrogens (tertiary/aromatic N) is 1. The molecule has 28 heavy (non-hydrogen) atoms. The summed E-state index contributed by atoms with van der Waals surface area (Å²) >= 11 is 0. The third kappa shape index (κ3) is 3.65. The normalized spacial score (nSPS) is 21.1. The topological polar surface area (TPSA) is 91.7 Å². The molecule has 1 aromatic heterocycles. The minimum absolute atomic E-state index is 0.0247. The van der Waals surface area contributed by atoms with Crippen LogP contribution in [0, 0.1) is 5.92 Å². The number of benzene rings is 1. The number of hydrogen-bond acceptors (Lipinski definition) is 4. The molecule has 0 spiro atoms. The zero-order valence-corrected chi connectivity index (χ0v) is 15.5. The van der Waals surface area contributed by atoms with E-state index in [0.717, 1.165) is 24.1 Å². The SMILES string of the molecule is O=C(NCCC1C(=O)Nc2ccccc21)C1CCCN(C(=O)c2ccco2)C1. The predicted octanol–water partition coefficient (Wildman–Crippen LogP) is 2.37. The largest absolute Gasteiger partial charge is 0.459 e. The van der Waals surface area contributed by atoms with E-state index in [-0.39, 0.29) is 29.6 Å². The highest BCUT2D eigenvalue weighted by molar-refractivity contribution is 6.02. The van der Waals surface area contributed by atoms with Crippen molar-refractivity contribution in [3.05, 3.63) is 54.0 Å². The summed E-state index contributed by atoms with van der Waals surface area (Å²) in [5.41, 5.74) is 1.83. The molecule has 7 nitrogen and oxygen atoms in total. The van der Waals surface area contributed by atoms with Crippen molar-refractivity contribution >= 4 is 23.4 Å². The Morgan fingerprint density at radius 2 is 2.07 bits per heavy atom. The molecule has 0 bridgehead atoms. The van der Waals surface area contributed by atoms with Crippen LogP contribution < -0.4 is 10.6 Å². The number of fused-ring (bicyclic) bond motifs is 1. The molecule has 0 aliphatic carbocycles. The van der Waals surface area contributed by atoms with Gasteiger partial charge in [0.25, 0.3) is 5.91 Å². The monoisotopic (exact) mass is 381 g/mol. The fourth-order valence-electron chi connectivity index (χ4n) is 3.98. The van der Waals surface area contributed by atoms with Gasteiger partial charge in [0.1, 0.15) is 0 Å². The minimum atomic E-state index is -0.239. The van der Waals surface area contributed by atoms with Crippen LogP contribution in [-0.2, 0) is 9.59 Å². The fourth-order valence-corrected chi connectivity index (χ4v) is 3.98. The molecule has 146 valence electrons. The molecule has 1 fully saturated rings. The van der Waals surface area contributed by atoms with Crippen LogP contribution in [0.3, 0.4) is 0 Å². The van der Waals surface area contributed by atoms with E-state index in [1.807, 2.05) is 24.3 Å². The van der Waals surface area contributed by atoms with Crippen LogP contribution in [0.1, 0.15) is 41.3 Å². The van der Waals surface area contributed by atoms with Gasteiger partial charge < -0.3 is 20.0 Å². The van der Waals surface area contributed by atoms with E-state index >= 15 is 0 Å². The number of para-hydroxylation sites is 1. The van der Waals surface area contributed by atoms with Gasteiger partial charge in [0.05, 0.1) is 18.1 Å². The van der Waals surface area contributed by atoms with E-state index in [2.05, 4.69) is 10.6 Å². The smallest absolute Gasteiger partial charge is 0.289 e. The van der Waals surface area contributed by atoms with Gasteiger partial charge in [0.15, 0.2) is 5.76 Å². The van der Waals surface area contributed by atoms with E-state index in [1.54, 1.807) is 17.0 Å².